The molecule has 0 aliphatic heterocycles. The van der Waals surface area contributed by atoms with E-state index in [9.17, 15) is 4.39 Å². The highest BCUT2D eigenvalue weighted by Gasteiger charge is 2.09. The van der Waals surface area contributed by atoms with Gasteiger partial charge in [-0.15, -0.1) is 12.6 Å². The van der Waals surface area contributed by atoms with E-state index in [2.05, 4.69) is 12.6 Å². The minimum atomic E-state index is -0.402. The third-order valence-electron chi connectivity index (χ3n) is 2.15. The molecule has 0 radical (unpaired) electrons. The maximum Gasteiger partial charge on any atom is 0.149 e. The third kappa shape index (κ3) is 2.01. The molecule has 0 N–H and O–H groups in total. The molecule has 0 aliphatic rings. The molecule has 3 heteroatoms. The van der Waals surface area contributed by atoms with Crippen LogP contribution < -0.4 is 0 Å². The number of thiol groups is 1. The van der Waals surface area contributed by atoms with Crippen molar-refractivity contribution >= 4 is 24.2 Å². The molecule has 0 aromatic heterocycles. The van der Waals surface area contributed by atoms with Crippen molar-refractivity contribution in [1.82, 2.24) is 0 Å². The minimum absolute atomic E-state index is 0.129. The smallest absolute Gasteiger partial charge is 0.149 e. The lowest BCUT2D eigenvalue weighted by Crippen LogP contribution is -1.86. The van der Waals surface area contributed by atoms with Crippen LogP contribution in [0.25, 0.3) is 11.1 Å². The summed E-state index contributed by atoms with van der Waals surface area (Å²) < 4.78 is 13.7. The van der Waals surface area contributed by atoms with E-state index in [1.807, 2.05) is 24.3 Å². The van der Waals surface area contributed by atoms with E-state index in [-0.39, 0.29) is 5.02 Å². The third-order valence-corrected chi connectivity index (χ3v) is 2.83. The molecule has 15 heavy (non-hydrogen) atoms. The molecular weight excluding hydrogens is 231 g/mol. The van der Waals surface area contributed by atoms with Crippen LogP contribution >= 0.6 is 24.2 Å². The lowest BCUT2D eigenvalue weighted by Gasteiger charge is -2.06. The SMILES string of the molecule is Fc1c(Cl)cccc1-c1ccccc1S. The first-order valence-corrected chi connectivity index (χ1v) is 5.25. The van der Waals surface area contributed by atoms with Gasteiger partial charge >= 0.3 is 0 Å². The van der Waals surface area contributed by atoms with Gasteiger partial charge in [0.25, 0.3) is 0 Å². The molecule has 0 saturated carbocycles. The maximum atomic E-state index is 13.7. The first kappa shape index (κ1) is 10.5. The summed E-state index contributed by atoms with van der Waals surface area (Å²) in [6.45, 7) is 0. The molecule has 0 spiro atoms. The topological polar surface area (TPSA) is 0 Å². The van der Waals surface area contributed by atoms with Crippen LogP contribution in [0.4, 0.5) is 4.39 Å². The summed E-state index contributed by atoms with van der Waals surface area (Å²) >= 11 is 10.00. The molecular formula is C12H8ClFS. The van der Waals surface area contributed by atoms with Crippen LogP contribution in [0.2, 0.25) is 5.02 Å². The first-order chi connectivity index (χ1) is 7.20. The van der Waals surface area contributed by atoms with Crippen molar-refractivity contribution < 1.29 is 4.39 Å². The predicted octanol–water partition coefficient (Wildman–Crippen LogP) is 4.43. The highest BCUT2D eigenvalue weighted by atomic mass is 35.5. The molecule has 0 heterocycles. The van der Waals surface area contributed by atoms with E-state index in [0.717, 1.165) is 10.5 Å². The molecule has 0 fully saturated rings. The van der Waals surface area contributed by atoms with Crippen LogP contribution in [0.15, 0.2) is 47.4 Å². The molecule has 0 saturated heterocycles. The predicted molar refractivity (Wildman–Crippen MR) is 64.1 cm³/mol. The fourth-order valence-electron chi connectivity index (χ4n) is 1.41. The molecule has 0 aliphatic carbocycles. The molecule has 0 unspecified atom stereocenters. The van der Waals surface area contributed by atoms with Gasteiger partial charge in [0.05, 0.1) is 5.02 Å². The number of hydrogen-bond acceptors (Lipinski definition) is 1. The van der Waals surface area contributed by atoms with Crippen molar-refractivity contribution in [3.05, 3.63) is 53.3 Å². The van der Waals surface area contributed by atoms with Gasteiger partial charge in [-0.05, 0) is 17.7 Å². The summed E-state index contributed by atoms with van der Waals surface area (Å²) in [4.78, 5) is 0.735. The van der Waals surface area contributed by atoms with E-state index in [1.54, 1.807) is 12.1 Å². The normalized spacial score (nSPS) is 10.3. The second-order valence-electron chi connectivity index (χ2n) is 3.12. The summed E-state index contributed by atoms with van der Waals surface area (Å²) in [7, 11) is 0. The van der Waals surface area contributed by atoms with Crippen LogP contribution in [-0.2, 0) is 0 Å². The molecule has 0 atom stereocenters. The van der Waals surface area contributed by atoms with Gasteiger partial charge in [-0.3, -0.25) is 0 Å². The van der Waals surface area contributed by atoms with Gasteiger partial charge < -0.3 is 0 Å². The average molecular weight is 239 g/mol. The van der Waals surface area contributed by atoms with E-state index in [0.29, 0.717) is 5.56 Å². The van der Waals surface area contributed by atoms with Gasteiger partial charge in [0.15, 0.2) is 0 Å². The second kappa shape index (κ2) is 4.25. The minimum Gasteiger partial charge on any atom is -0.205 e. The summed E-state index contributed by atoms with van der Waals surface area (Å²) in [5.41, 5.74) is 1.23. The van der Waals surface area contributed by atoms with Crippen molar-refractivity contribution in [1.29, 1.82) is 0 Å². The van der Waals surface area contributed by atoms with Gasteiger partial charge in [0.1, 0.15) is 5.82 Å². The van der Waals surface area contributed by atoms with Crippen molar-refractivity contribution in [3.8, 4) is 11.1 Å². The number of hydrogen-bond donors (Lipinski definition) is 1. The fourth-order valence-corrected chi connectivity index (χ4v) is 1.87. The zero-order valence-corrected chi connectivity index (χ0v) is 9.39. The molecule has 2 aromatic rings. The Morgan fingerprint density at radius 1 is 0.933 bits per heavy atom. The fraction of sp³-hybridized carbons (Fsp3) is 0. The van der Waals surface area contributed by atoms with Gasteiger partial charge in [0, 0.05) is 10.5 Å². The van der Waals surface area contributed by atoms with E-state index < -0.39 is 5.82 Å². The van der Waals surface area contributed by atoms with E-state index >= 15 is 0 Å². The maximum absolute atomic E-state index is 13.7. The summed E-state index contributed by atoms with van der Waals surface area (Å²) in [6.07, 6.45) is 0. The van der Waals surface area contributed by atoms with Crippen molar-refractivity contribution in [2.24, 2.45) is 0 Å². The van der Waals surface area contributed by atoms with E-state index in [1.165, 1.54) is 6.07 Å². The van der Waals surface area contributed by atoms with Crippen LogP contribution in [0.5, 0.6) is 0 Å². The summed E-state index contributed by atoms with van der Waals surface area (Å²) in [6, 6.07) is 12.3. The van der Waals surface area contributed by atoms with Crippen LogP contribution in [0.3, 0.4) is 0 Å². The lowest BCUT2D eigenvalue weighted by molar-refractivity contribution is 0.631. The largest absolute Gasteiger partial charge is 0.205 e. The van der Waals surface area contributed by atoms with Crippen molar-refractivity contribution in [2.75, 3.05) is 0 Å². The zero-order valence-electron chi connectivity index (χ0n) is 7.74. The standard InChI is InChI=1S/C12H8ClFS/c13-10-6-3-5-9(12(10)14)8-4-1-2-7-11(8)15/h1-7,15H. The molecule has 0 amide bonds. The number of rotatable bonds is 1. The van der Waals surface area contributed by atoms with E-state index in [4.69, 9.17) is 11.6 Å². The second-order valence-corrected chi connectivity index (χ2v) is 4.01. The number of halogens is 2. The lowest BCUT2D eigenvalue weighted by atomic mass is 10.1. The van der Waals surface area contributed by atoms with Gasteiger partial charge in [-0.25, -0.2) is 4.39 Å². The van der Waals surface area contributed by atoms with Crippen molar-refractivity contribution in [2.45, 2.75) is 4.90 Å². The quantitative estimate of drug-likeness (QED) is 0.698. The molecule has 76 valence electrons. The zero-order chi connectivity index (χ0) is 10.8. The Labute approximate surface area is 98.1 Å². The number of benzene rings is 2. The Morgan fingerprint density at radius 3 is 2.33 bits per heavy atom. The Balaban J connectivity index is 2.65. The molecule has 0 nitrogen and oxygen atoms in total. The van der Waals surface area contributed by atoms with Crippen LogP contribution in [0.1, 0.15) is 0 Å². The Morgan fingerprint density at radius 2 is 1.60 bits per heavy atom. The Kier molecular flexibility index (Phi) is 2.98. The Hall–Kier alpha value is -0.990. The highest BCUT2D eigenvalue weighted by Crippen LogP contribution is 2.31. The monoisotopic (exact) mass is 238 g/mol. The van der Waals surface area contributed by atoms with Crippen LogP contribution in [0, 0.1) is 5.82 Å². The van der Waals surface area contributed by atoms with Crippen molar-refractivity contribution in [3.63, 3.8) is 0 Å². The van der Waals surface area contributed by atoms with Crippen LogP contribution in [-0.4, -0.2) is 0 Å². The summed E-state index contributed by atoms with van der Waals surface area (Å²) in [5.74, 6) is -0.402. The molecule has 2 aromatic carbocycles. The van der Waals surface area contributed by atoms with Gasteiger partial charge in [-0.1, -0.05) is 41.9 Å². The molecule has 0 bridgehead atoms. The average Bonchev–Trinajstić information content (AvgIpc) is 2.23. The summed E-state index contributed by atoms with van der Waals surface area (Å²) in [5, 5.41) is 0.129. The van der Waals surface area contributed by atoms with Gasteiger partial charge in [-0.2, -0.15) is 0 Å². The van der Waals surface area contributed by atoms with Gasteiger partial charge in [0.2, 0.25) is 0 Å². The first-order valence-electron chi connectivity index (χ1n) is 4.42. The highest BCUT2D eigenvalue weighted by molar-refractivity contribution is 7.80. The Bertz CT molecular complexity index is 497. The molecule has 2 rings (SSSR count).